The number of aliphatic hydroxyl groups is 1. The molecule has 2 aromatic rings. The van der Waals surface area contributed by atoms with Crippen molar-refractivity contribution in [1.82, 2.24) is 4.72 Å². The summed E-state index contributed by atoms with van der Waals surface area (Å²) in [4.78, 5) is 4.33. The smallest absolute Gasteiger partial charge is 0.299 e. The molecule has 2 N–H and O–H groups in total. The van der Waals surface area contributed by atoms with Gasteiger partial charge in [0.1, 0.15) is 16.2 Å². The number of ether oxygens (including phenoxy) is 1. The van der Waals surface area contributed by atoms with Crippen molar-refractivity contribution in [2.45, 2.75) is 50.0 Å². The SMILES string of the molecule is CC1(C)OC(=NC(CCO)c2ccccc2F)NS(=O)(=O)C1(C)Cc1ccc(Br)cc1. The molecule has 3 rings (SSSR count). The van der Waals surface area contributed by atoms with E-state index in [1.165, 1.54) is 6.07 Å². The molecule has 0 saturated carbocycles. The Morgan fingerprint density at radius 2 is 1.81 bits per heavy atom. The average molecular weight is 513 g/mol. The number of amidine groups is 1. The molecule has 9 heteroatoms. The Kier molecular flexibility index (Phi) is 6.78. The minimum Gasteiger partial charge on any atom is -0.457 e. The Morgan fingerprint density at radius 1 is 1.16 bits per heavy atom. The summed E-state index contributed by atoms with van der Waals surface area (Å²) in [5.41, 5.74) is -0.0346. The van der Waals surface area contributed by atoms with Gasteiger partial charge >= 0.3 is 0 Å². The third kappa shape index (κ3) is 4.78. The molecule has 6 nitrogen and oxygen atoms in total. The highest BCUT2D eigenvalue weighted by Crippen LogP contribution is 2.39. The molecule has 0 spiro atoms. The van der Waals surface area contributed by atoms with E-state index in [4.69, 9.17) is 4.74 Å². The van der Waals surface area contributed by atoms with Crippen molar-refractivity contribution in [3.8, 4) is 0 Å². The van der Waals surface area contributed by atoms with E-state index in [1.807, 2.05) is 24.3 Å². The number of halogens is 2. The van der Waals surface area contributed by atoms with Crippen molar-refractivity contribution in [3.63, 3.8) is 0 Å². The van der Waals surface area contributed by atoms with Gasteiger partial charge in [0.05, 0.1) is 6.04 Å². The largest absolute Gasteiger partial charge is 0.457 e. The van der Waals surface area contributed by atoms with E-state index in [9.17, 15) is 17.9 Å². The van der Waals surface area contributed by atoms with Crippen molar-refractivity contribution in [2.75, 3.05) is 6.61 Å². The first-order valence-electron chi connectivity index (χ1n) is 9.88. The van der Waals surface area contributed by atoms with Crippen molar-refractivity contribution < 1.29 is 22.7 Å². The number of aliphatic hydroxyl groups excluding tert-OH is 1. The van der Waals surface area contributed by atoms with Gasteiger partial charge in [-0.2, -0.15) is 0 Å². The lowest BCUT2D eigenvalue weighted by Crippen LogP contribution is -2.66. The minimum atomic E-state index is -3.91. The molecule has 2 unspecified atom stereocenters. The summed E-state index contributed by atoms with van der Waals surface area (Å²) in [6.07, 6.45) is 0.343. The summed E-state index contributed by atoms with van der Waals surface area (Å²) in [6.45, 7) is 4.79. The van der Waals surface area contributed by atoms with Gasteiger partial charge in [-0.05, 0) is 57.4 Å². The zero-order valence-corrected chi connectivity index (χ0v) is 20.0. The van der Waals surface area contributed by atoms with Crippen molar-refractivity contribution >= 4 is 32.0 Å². The van der Waals surface area contributed by atoms with Gasteiger partial charge < -0.3 is 9.84 Å². The molecule has 1 aliphatic rings. The van der Waals surface area contributed by atoms with E-state index < -0.39 is 32.2 Å². The lowest BCUT2D eigenvalue weighted by Gasteiger charge is -2.47. The number of nitrogens with one attached hydrogen (secondary N) is 1. The fourth-order valence-corrected chi connectivity index (χ4v) is 5.43. The quantitative estimate of drug-likeness (QED) is 0.609. The Hall–Kier alpha value is -1.97. The van der Waals surface area contributed by atoms with Gasteiger partial charge in [-0.3, -0.25) is 0 Å². The normalized spacial score (nSPS) is 24.3. The van der Waals surface area contributed by atoms with Gasteiger partial charge in [0.15, 0.2) is 0 Å². The molecule has 0 bridgehead atoms. The minimum absolute atomic E-state index is 0.117. The summed E-state index contributed by atoms with van der Waals surface area (Å²) in [7, 11) is -3.91. The fourth-order valence-electron chi connectivity index (χ4n) is 3.57. The molecule has 0 aromatic heterocycles. The average Bonchev–Trinajstić information content (AvgIpc) is 2.68. The molecule has 168 valence electrons. The molecule has 1 aliphatic heterocycles. The number of hydrogen-bond donors (Lipinski definition) is 2. The number of benzene rings is 2. The van der Waals surface area contributed by atoms with E-state index in [0.29, 0.717) is 0 Å². The maximum absolute atomic E-state index is 14.3. The number of rotatable bonds is 6. The molecule has 2 aromatic carbocycles. The van der Waals surface area contributed by atoms with Crippen LogP contribution in [-0.2, 0) is 21.2 Å². The van der Waals surface area contributed by atoms with E-state index in [1.54, 1.807) is 39.0 Å². The molecule has 1 heterocycles. The first kappa shape index (κ1) is 23.7. The van der Waals surface area contributed by atoms with E-state index in [0.717, 1.165) is 10.0 Å². The van der Waals surface area contributed by atoms with Crippen LogP contribution in [-0.4, -0.2) is 36.5 Å². The van der Waals surface area contributed by atoms with E-state index >= 15 is 0 Å². The second-order valence-corrected chi connectivity index (χ2v) is 11.3. The van der Waals surface area contributed by atoms with Crippen LogP contribution in [0.3, 0.4) is 0 Å². The molecule has 0 amide bonds. The second-order valence-electron chi connectivity index (χ2n) is 8.24. The van der Waals surface area contributed by atoms with Crippen molar-refractivity contribution in [1.29, 1.82) is 0 Å². The molecular formula is C22H26BrFN2O4S. The predicted molar refractivity (Wildman–Crippen MR) is 122 cm³/mol. The third-order valence-electron chi connectivity index (χ3n) is 5.83. The number of hydrogen-bond acceptors (Lipinski definition) is 5. The first-order valence-corrected chi connectivity index (χ1v) is 12.2. The molecule has 1 saturated heterocycles. The highest BCUT2D eigenvalue weighted by atomic mass is 79.9. The van der Waals surface area contributed by atoms with Gasteiger partial charge in [0, 0.05) is 16.6 Å². The van der Waals surface area contributed by atoms with Crippen LogP contribution in [0.25, 0.3) is 0 Å². The standard InChI is InChI=1S/C22H26BrFN2O4S/c1-21(2)22(3,14-15-8-10-16(23)11-9-15)31(28,29)26-20(30-21)25-19(12-13-27)17-6-4-5-7-18(17)24/h4-11,19,27H,12-14H2,1-3H3,(H,25,26). The molecule has 0 aliphatic carbocycles. The number of aliphatic imine (C=N–C) groups is 1. The summed E-state index contributed by atoms with van der Waals surface area (Å²) in [6, 6.07) is 12.5. The maximum atomic E-state index is 14.3. The zero-order valence-electron chi connectivity index (χ0n) is 17.6. The monoisotopic (exact) mass is 512 g/mol. The van der Waals surface area contributed by atoms with Gasteiger partial charge in [0.25, 0.3) is 6.02 Å². The van der Waals surface area contributed by atoms with Crippen LogP contribution >= 0.6 is 15.9 Å². The summed E-state index contributed by atoms with van der Waals surface area (Å²) in [5, 5.41) is 9.42. The number of nitrogens with zero attached hydrogens (tertiary/aromatic N) is 1. The third-order valence-corrected chi connectivity index (χ3v) is 8.63. The van der Waals surface area contributed by atoms with Crippen LogP contribution in [0, 0.1) is 5.82 Å². The Bertz CT molecular complexity index is 1070. The van der Waals surface area contributed by atoms with Gasteiger partial charge in [-0.15, -0.1) is 0 Å². The second kappa shape index (κ2) is 8.88. The molecule has 1 fully saturated rings. The molecular weight excluding hydrogens is 487 g/mol. The molecule has 0 radical (unpaired) electrons. The molecule has 31 heavy (non-hydrogen) atoms. The lowest BCUT2D eigenvalue weighted by molar-refractivity contribution is 0.0394. The van der Waals surface area contributed by atoms with E-state index in [-0.39, 0.29) is 31.0 Å². The maximum Gasteiger partial charge on any atom is 0.299 e. The Labute approximate surface area is 190 Å². The highest BCUT2D eigenvalue weighted by Gasteiger charge is 2.57. The van der Waals surface area contributed by atoms with Crippen molar-refractivity contribution in [2.24, 2.45) is 4.99 Å². The van der Waals surface area contributed by atoms with Crippen LogP contribution in [0.4, 0.5) is 4.39 Å². The first-order chi connectivity index (χ1) is 14.5. The van der Waals surface area contributed by atoms with Crippen LogP contribution in [0.1, 0.15) is 44.4 Å². The highest BCUT2D eigenvalue weighted by molar-refractivity contribution is 9.10. The van der Waals surface area contributed by atoms with Crippen molar-refractivity contribution in [3.05, 3.63) is 69.9 Å². The van der Waals surface area contributed by atoms with Gasteiger partial charge in [-0.1, -0.05) is 46.3 Å². The topological polar surface area (TPSA) is 88.0 Å². The van der Waals surface area contributed by atoms with E-state index in [2.05, 4.69) is 25.6 Å². The predicted octanol–water partition coefficient (Wildman–Crippen LogP) is 4.10. The van der Waals surface area contributed by atoms with Crippen LogP contribution < -0.4 is 4.72 Å². The van der Waals surface area contributed by atoms with Gasteiger partial charge in [-0.25, -0.2) is 22.5 Å². The van der Waals surface area contributed by atoms with Gasteiger partial charge in [0.2, 0.25) is 10.0 Å². The van der Waals surface area contributed by atoms with Crippen LogP contribution in [0.5, 0.6) is 0 Å². The Balaban J connectivity index is 1.96. The number of sulfonamides is 1. The Morgan fingerprint density at radius 3 is 2.39 bits per heavy atom. The van der Waals surface area contributed by atoms with Crippen LogP contribution in [0.15, 0.2) is 58.0 Å². The summed E-state index contributed by atoms with van der Waals surface area (Å²) >= 11 is 3.38. The summed E-state index contributed by atoms with van der Waals surface area (Å²) < 4.78 is 49.0. The molecule has 2 atom stereocenters. The zero-order chi connectivity index (χ0) is 22.9. The fraction of sp³-hybridized carbons (Fsp3) is 0.409. The summed E-state index contributed by atoms with van der Waals surface area (Å²) in [5.74, 6) is -0.483. The lowest BCUT2D eigenvalue weighted by atomic mass is 9.85. The van der Waals surface area contributed by atoms with Crippen LogP contribution in [0.2, 0.25) is 0 Å².